The first-order valence-corrected chi connectivity index (χ1v) is 7.02. The van der Waals surface area contributed by atoms with Gasteiger partial charge in [-0.05, 0) is 25.5 Å². The Balaban J connectivity index is 2.02. The fourth-order valence-corrected chi connectivity index (χ4v) is 2.42. The molecule has 0 saturated carbocycles. The van der Waals surface area contributed by atoms with Gasteiger partial charge in [0, 0.05) is 0 Å². The Morgan fingerprint density at radius 2 is 1.74 bits per heavy atom. The van der Waals surface area contributed by atoms with Crippen molar-refractivity contribution < 1.29 is 13.2 Å². The first kappa shape index (κ1) is 15.3. The monoisotopic (exact) mass is 320 g/mol. The van der Waals surface area contributed by atoms with Crippen LogP contribution < -0.4 is 5.32 Å². The van der Waals surface area contributed by atoms with Gasteiger partial charge in [0.1, 0.15) is 23.5 Å². The topological polar surface area (TPSA) is 53.6 Å². The van der Waals surface area contributed by atoms with Gasteiger partial charge in [-0.25, -0.2) is 9.97 Å². The number of benzene rings is 1. The van der Waals surface area contributed by atoms with Crippen LogP contribution in [0.1, 0.15) is 25.1 Å². The van der Waals surface area contributed by atoms with Crippen LogP contribution in [0.4, 0.5) is 19.0 Å². The predicted octanol–water partition coefficient (Wildman–Crippen LogP) is 4.32. The van der Waals surface area contributed by atoms with Gasteiger partial charge in [-0.2, -0.15) is 13.2 Å². The van der Waals surface area contributed by atoms with Crippen molar-refractivity contribution in [1.82, 2.24) is 15.0 Å². The zero-order chi connectivity index (χ0) is 16.7. The summed E-state index contributed by atoms with van der Waals surface area (Å²) in [6.07, 6.45) is -3.21. The molecule has 2 aromatic heterocycles. The Morgan fingerprint density at radius 3 is 2.39 bits per heavy atom. The highest BCUT2D eigenvalue weighted by atomic mass is 19.4. The average Bonchev–Trinajstić information content (AvgIpc) is 2.93. The molecule has 1 aromatic carbocycles. The van der Waals surface area contributed by atoms with E-state index in [0.717, 1.165) is 11.6 Å². The number of rotatable bonds is 3. The highest BCUT2D eigenvalue weighted by Gasteiger charge is 2.33. The van der Waals surface area contributed by atoms with Crippen LogP contribution in [0.5, 0.6) is 0 Å². The van der Waals surface area contributed by atoms with E-state index in [9.17, 15) is 13.2 Å². The number of anilines is 1. The van der Waals surface area contributed by atoms with Crippen LogP contribution in [-0.4, -0.2) is 15.0 Å². The van der Waals surface area contributed by atoms with Gasteiger partial charge < -0.3 is 10.3 Å². The number of fused-ring (bicyclic) bond motifs is 1. The highest BCUT2D eigenvalue weighted by molar-refractivity contribution is 5.88. The van der Waals surface area contributed by atoms with Crippen LogP contribution in [0, 0.1) is 0 Å². The zero-order valence-corrected chi connectivity index (χ0v) is 12.6. The number of aromatic amines is 1. The smallest absolute Gasteiger partial charge is 0.360 e. The lowest BCUT2D eigenvalue weighted by atomic mass is 9.94. The Hall–Kier alpha value is -2.57. The van der Waals surface area contributed by atoms with E-state index in [4.69, 9.17) is 0 Å². The summed E-state index contributed by atoms with van der Waals surface area (Å²) in [6.45, 7) is 3.88. The molecular formula is C16H15F3N4. The Labute approximate surface area is 130 Å². The van der Waals surface area contributed by atoms with Gasteiger partial charge in [0.05, 0.1) is 10.9 Å². The van der Waals surface area contributed by atoms with Crippen LogP contribution in [0.25, 0.3) is 11.0 Å². The standard InChI is InChI=1S/C16H15F3N4/c1-15(2,10-6-4-3-5-7-10)23-14-11-8-12(16(17,18)19)22-13(11)20-9-21-14/h3-9H,1-2H3,(H2,20,21,22,23). The number of aromatic nitrogens is 3. The van der Waals surface area contributed by atoms with Gasteiger partial charge in [0.15, 0.2) is 0 Å². The second-order valence-corrected chi connectivity index (χ2v) is 5.78. The van der Waals surface area contributed by atoms with Crippen LogP contribution in [-0.2, 0) is 11.7 Å². The minimum absolute atomic E-state index is 0.152. The van der Waals surface area contributed by atoms with Crippen LogP contribution in [0.3, 0.4) is 0 Å². The largest absolute Gasteiger partial charge is 0.431 e. The van der Waals surface area contributed by atoms with Crippen molar-refractivity contribution in [2.45, 2.75) is 25.6 Å². The molecule has 0 aliphatic rings. The molecule has 0 unspecified atom stereocenters. The minimum atomic E-state index is -4.45. The first-order chi connectivity index (χ1) is 10.8. The predicted molar refractivity (Wildman–Crippen MR) is 82.0 cm³/mol. The van der Waals surface area contributed by atoms with Crippen molar-refractivity contribution in [3.05, 3.63) is 54.0 Å². The van der Waals surface area contributed by atoms with E-state index in [0.29, 0.717) is 11.2 Å². The molecule has 2 N–H and O–H groups in total. The number of alkyl halides is 3. The summed E-state index contributed by atoms with van der Waals surface area (Å²) < 4.78 is 38.6. The van der Waals surface area contributed by atoms with Crippen LogP contribution in [0.2, 0.25) is 0 Å². The van der Waals surface area contributed by atoms with Crippen molar-refractivity contribution in [3.63, 3.8) is 0 Å². The third-order valence-corrected chi connectivity index (χ3v) is 3.66. The maximum atomic E-state index is 12.9. The van der Waals surface area contributed by atoms with Crippen molar-refractivity contribution in [2.75, 3.05) is 5.32 Å². The molecule has 0 spiro atoms. The summed E-state index contributed by atoms with van der Waals surface area (Å²) in [5.74, 6) is 0.357. The van der Waals surface area contributed by atoms with Gasteiger partial charge in [-0.15, -0.1) is 0 Å². The molecule has 0 radical (unpaired) electrons. The third-order valence-electron chi connectivity index (χ3n) is 3.66. The molecule has 0 fully saturated rings. The lowest BCUT2D eigenvalue weighted by Gasteiger charge is -2.27. The molecule has 3 rings (SSSR count). The number of H-pyrrole nitrogens is 1. The van der Waals surface area contributed by atoms with Gasteiger partial charge in [0.2, 0.25) is 0 Å². The maximum Gasteiger partial charge on any atom is 0.431 e. The number of hydrogen-bond donors (Lipinski definition) is 2. The molecular weight excluding hydrogens is 305 g/mol. The van der Waals surface area contributed by atoms with Gasteiger partial charge >= 0.3 is 6.18 Å². The van der Waals surface area contributed by atoms with E-state index in [2.05, 4.69) is 20.3 Å². The van der Waals surface area contributed by atoms with Gasteiger partial charge in [-0.1, -0.05) is 30.3 Å². The van der Waals surface area contributed by atoms with E-state index >= 15 is 0 Å². The number of nitrogens with zero attached hydrogens (tertiary/aromatic N) is 2. The summed E-state index contributed by atoms with van der Waals surface area (Å²) in [5, 5.41) is 3.51. The summed E-state index contributed by atoms with van der Waals surface area (Å²) >= 11 is 0. The SMILES string of the molecule is CC(C)(Nc1ncnc2[nH]c(C(F)(F)F)cc12)c1ccccc1. The zero-order valence-electron chi connectivity index (χ0n) is 12.6. The quantitative estimate of drug-likeness (QED) is 0.755. The number of nitrogens with one attached hydrogen (secondary N) is 2. The molecule has 0 aliphatic heterocycles. The molecule has 0 amide bonds. The Kier molecular flexibility index (Phi) is 3.50. The minimum Gasteiger partial charge on any atom is -0.360 e. The molecule has 120 valence electrons. The molecule has 0 atom stereocenters. The lowest BCUT2D eigenvalue weighted by Crippen LogP contribution is -2.28. The maximum absolute atomic E-state index is 12.9. The molecule has 7 heteroatoms. The van der Waals surface area contributed by atoms with Crippen molar-refractivity contribution in [3.8, 4) is 0 Å². The van der Waals surface area contributed by atoms with E-state index in [1.165, 1.54) is 6.33 Å². The summed E-state index contributed by atoms with van der Waals surface area (Å²) in [7, 11) is 0. The average molecular weight is 320 g/mol. The summed E-state index contributed by atoms with van der Waals surface area (Å²) in [6, 6.07) is 10.6. The number of hydrogen-bond acceptors (Lipinski definition) is 3. The van der Waals surface area contributed by atoms with Gasteiger partial charge in [-0.3, -0.25) is 0 Å². The Bertz CT molecular complexity index is 822. The normalized spacial score (nSPS) is 12.6. The Morgan fingerprint density at radius 1 is 1.04 bits per heavy atom. The fourth-order valence-electron chi connectivity index (χ4n) is 2.42. The molecule has 4 nitrogen and oxygen atoms in total. The van der Waals surface area contributed by atoms with Crippen molar-refractivity contribution in [2.24, 2.45) is 0 Å². The molecule has 2 heterocycles. The van der Waals surface area contributed by atoms with E-state index in [1.807, 2.05) is 44.2 Å². The van der Waals surface area contributed by atoms with Crippen molar-refractivity contribution >= 4 is 16.9 Å². The third kappa shape index (κ3) is 2.99. The first-order valence-electron chi connectivity index (χ1n) is 7.02. The summed E-state index contributed by atoms with van der Waals surface area (Å²) in [4.78, 5) is 10.3. The van der Waals surface area contributed by atoms with Crippen molar-refractivity contribution in [1.29, 1.82) is 0 Å². The molecule has 0 bridgehead atoms. The highest BCUT2D eigenvalue weighted by Crippen LogP contribution is 2.34. The van der Waals surface area contributed by atoms with E-state index in [-0.39, 0.29) is 5.65 Å². The van der Waals surface area contributed by atoms with E-state index < -0.39 is 17.4 Å². The lowest BCUT2D eigenvalue weighted by molar-refractivity contribution is -0.140. The second kappa shape index (κ2) is 5.26. The summed E-state index contributed by atoms with van der Waals surface area (Å²) in [5.41, 5.74) is -0.191. The van der Waals surface area contributed by atoms with Crippen LogP contribution in [0.15, 0.2) is 42.7 Å². The molecule has 23 heavy (non-hydrogen) atoms. The van der Waals surface area contributed by atoms with Gasteiger partial charge in [0.25, 0.3) is 0 Å². The second-order valence-electron chi connectivity index (χ2n) is 5.78. The number of halogens is 3. The molecule has 3 aromatic rings. The van der Waals surface area contributed by atoms with Crippen LogP contribution >= 0.6 is 0 Å². The van der Waals surface area contributed by atoms with E-state index in [1.54, 1.807) is 0 Å². The fraction of sp³-hybridized carbons (Fsp3) is 0.250. The molecule has 0 aliphatic carbocycles. The molecule has 0 saturated heterocycles.